The topological polar surface area (TPSA) is 86.8 Å². The molecule has 0 fully saturated rings. The molecule has 0 saturated heterocycles. The summed E-state index contributed by atoms with van der Waals surface area (Å²) in [5, 5.41) is 2.86. The van der Waals surface area contributed by atoms with Crippen LogP contribution in [0.5, 0.6) is 0 Å². The van der Waals surface area contributed by atoms with Crippen LogP contribution in [0.15, 0.2) is 59.1 Å². The Labute approximate surface area is 199 Å². The number of benzene rings is 2. The number of hydrogen-bond donors (Lipinski definition) is 1. The number of carbonyl (C=O) groups excluding carboxylic acids is 2. The predicted octanol–water partition coefficient (Wildman–Crippen LogP) is 3.55. The SMILES string of the molecule is CCCNC(=O)C(CC)N(Cc1ccccc1)C(=O)CN(c1ccccc1Br)S(C)(=O)=O. The van der Waals surface area contributed by atoms with E-state index in [1.165, 1.54) is 4.90 Å². The number of nitrogens with one attached hydrogen (secondary N) is 1. The zero-order valence-corrected chi connectivity index (χ0v) is 21.0. The predicted molar refractivity (Wildman–Crippen MR) is 131 cm³/mol. The van der Waals surface area contributed by atoms with E-state index in [1.54, 1.807) is 24.3 Å². The molecule has 0 aliphatic heterocycles. The van der Waals surface area contributed by atoms with Gasteiger partial charge in [-0.1, -0.05) is 56.3 Å². The highest BCUT2D eigenvalue weighted by molar-refractivity contribution is 9.10. The van der Waals surface area contributed by atoms with Crippen LogP contribution in [-0.2, 0) is 26.2 Å². The molecule has 0 radical (unpaired) electrons. The average molecular weight is 524 g/mol. The van der Waals surface area contributed by atoms with Gasteiger partial charge in [0.25, 0.3) is 0 Å². The maximum absolute atomic E-state index is 13.5. The second-order valence-electron chi connectivity index (χ2n) is 7.44. The van der Waals surface area contributed by atoms with Crippen LogP contribution in [0.2, 0.25) is 0 Å². The van der Waals surface area contributed by atoms with Crippen LogP contribution in [0.1, 0.15) is 32.3 Å². The fraction of sp³-hybridized carbons (Fsp3) is 0.391. The summed E-state index contributed by atoms with van der Waals surface area (Å²) in [4.78, 5) is 27.8. The second-order valence-corrected chi connectivity index (χ2v) is 10.2. The van der Waals surface area contributed by atoms with E-state index in [2.05, 4.69) is 21.2 Å². The molecule has 2 aromatic carbocycles. The Morgan fingerprint density at radius 3 is 2.22 bits per heavy atom. The first kappa shape index (κ1) is 25.9. The van der Waals surface area contributed by atoms with Gasteiger partial charge in [-0.15, -0.1) is 0 Å². The number of hydrogen-bond acceptors (Lipinski definition) is 4. The Hall–Kier alpha value is -2.39. The zero-order valence-electron chi connectivity index (χ0n) is 18.6. The number of sulfonamides is 1. The van der Waals surface area contributed by atoms with Gasteiger partial charge in [0.05, 0.1) is 11.9 Å². The lowest BCUT2D eigenvalue weighted by Gasteiger charge is -2.33. The second kappa shape index (κ2) is 12.0. The number of para-hydroxylation sites is 1. The zero-order chi connectivity index (χ0) is 23.7. The van der Waals surface area contributed by atoms with Crippen molar-refractivity contribution in [3.05, 3.63) is 64.6 Å². The van der Waals surface area contributed by atoms with Gasteiger partial charge in [0.1, 0.15) is 12.6 Å². The Morgan fingerprint density at radius 1 is 1.03 bits per heavy atom. The average Bonchev–Trinajstić information content (AvgIpc) is 2.76. The molecular formula is C23H30BrN3O4S. The molecule has 0 aliphatic rings. The Morgan fingerprint density at radius 2 is 1.66 bits per heavy atom. The summed E-state index contributed by atoms with van der Waals surface area (Å²) in [6.45, 7) is 4.09. The molecule has 0 spiro atoms. The molecule has 7 nitrogen and oxygen atoms in total. The van der Waals surface area contributed by atoms with E-state index >= 15 is 0 Å². The number of nitrogens with zero attached hydrogens (tertiary/aromatic N) is 2. The van der Waals surface area contributed by atoms with Gasteiger partial charge in [0.2, 0.25) is 21.8 Å². The van der Waals surface area contributed by atoms with Gasteiger partial charge in [-0.3, -0.25) is 13.9 Å². The molecule has 9 heteroatoms. The monoisotopic (exact) mass is 523 g/mol. The smallest absolute Gasteiger partial charge is 0.244 e. The van der Waals surface area contributed by atoms with Crippen LogP contribution in [0.25, 0.3) is 0 Å². The van der Waals surface area contributed by atoms with E-state index in [-0.39, 0.29) is 12.5 Å². The van der Waals surface area contributed by atoms with Gasteiger partial charge in [-0.2, -0.15) is 0 Å². The maximum Gasteiger partial charge on any atom is 0.244 e. The maximum atomic E-state index is 13.5. The van der Waals surface area contributed by atoms with Crippen molar-refractivity contribution in [2.45, 2.75) is 39.3 Å². The van der Waals surface area contributed by atoms with Crippen LogP contribution in [0, 0.1) is 0 Å². The third-order valence-electron chi connectivity index (χ3n) is 4.93. The first-order valence-corrected chi connectivity index (χ1v) is 13.2. The number of halogens is 1. The van der Waals surface area contributed by atoms with Crippen LogP contribution in [0.4, 0.5) is 5.69 Å². The molecule has 1 atom stereocenters. The highest BCUT2D eigenvalue weighted by atomic mass is 79.9. The molecule has 2 rings (SSSR count). The Bertz CT molecular complexity index is 1010. The minimum Gasteiger partial charge on any atom is -0.354 e. The number of carbonyl (C=O) groups is 2. The molecule has 1 N–H and O–H groups in total. The fourth-order valence-corrected chi connectivity index (χ4v) is 4.79. The summed E-state index contributed by atoms with van der Waals surface area (Å²) >= 11 is 3.37. The van der Waals surface area contributed by atoms with E-state index in [0.29, 0.717) is 23.1 Å². The van der Waals surface area contributed by atoms with E-state index < -0.39 is 28.5 Å². The van der Waals surface area contributed by atoms with Crippen molar-refractivity contribution in [2.24, 2.45) is 0 Å². The van der Waals surface area contributed by atoms with E-state index in [1.807, 2.05) is 44.2 Å². The van der Waals surface area contributed by atoms with E-state index in [9.17, 15) is 18.0 Å². The van der Waals surface area contributed by atoms with Gasteiger partial charge in [-0.25, -0.2) is 8.42 Å². The fourth-order valence-electron chi connectivity index (χ4n) is 3.31. The van der Waals surface area contributed by atoms with Crippen LogP contribution < -0.4 is 9.62 Å². The lowest BCUT2D eigenvalue weighted by Crippen LogP contribution is -2.52. The molecular weight excluding hydrogens is 494 g/mol. The van der Waals surface area contributed by atoms with Crippen molar-refractivity contribution in [3.63, 3.8) is 0 Å². The molecule has 0 aliphatic carbocycles. The number of rotatable bonds is 11. The van der Waals surface area contributed by atoms with Gasteiger partial charge < -0.3 is 10.2 Å². The van der Waals surface area contributed by atoms with Crippen molar-refractivity contribution in [3.8, 4) is 0 Å². The van der Waals surface area contributed by atoms with Gasteiger partial charge in [0.15, 0.2) is 0 Å². The number of amides is 2. The third kappa shape index (κ3) is 7.06. The van der Waals surface area contributed by atoms with Gasteiger partial charge in [0, 0.05) is 17.6 Å². The molecule has 0 bridgehead atoms. The van der Waals surface area contributed by atoms with E-state index in [0.717, 1.165) is 22.5 Å². The summed E-state index contributed by atoms with van der Waals surface area (Å²) in [7, 11) is -3.75. The molecule has 0 saturated carbocycles. The Balaban J connectivity index is 2.41. The molecule has 1 unspecified atom stereocenters. The summed E-state index contributed by atoms with van der Waals surface area (Å²) in [5.41, 5.74) is 1.22. The summed E-state index contributed by atoms with van der Waals surface area (Å²) < 4.78 is 26.8. The van der Waals surface area contributed by atoms with Crippen LogP contribution in [0.3, 0.4) is 0 Å². The summed E-state index contributed by atoms with van der Waals surface area (Å²) in [5.74, 6) is -0.695. The molecule has 0 aromatic heterocycles. The van der Waals surface area contributed by atoms with Crippen LogP contribution >= 0.6 is 15.9 Å². The first-order chi connectivity index (χ1) is 15.2. The Kier molecular flexibility index (Phi) is 9.71. The third-order valence-corrected chi connectivity index (χ3v) is 6.73. The standard InChI is InChI=1S/C23H30BrN3O4S/c1-4-15-25-23(29)20(5-2)26(16-18-11-7-6-8-12-18)22(28)17-27(32(3,30)31)21-14-10-9-13-19(21)24/h6-14,20H,4-5,15-17H2,1-3H3,(H,25,29). The summed E-state index contributed by atoms with van der Waals surface area (Å²) in [6, 6.07) is 15.4. The van der Waals surface area contributed by atoms with Crippen molar-refractivity contribution in [1.29, 1.82) is 0 Å². The first-order valence-electron chi connectivity index (χ1n) is 10.5. The highest BCUT2D eigenvalue weighted by Gasteiger charge is 2.32. The molecule has 32 heavy (non-hydrogen) atoms. The highest BCUT2D eigenvalue weighted by Crippen LogP contribution is 2.28. The lowest BCUT2D eigenvalue weighted by atomic mass is 10.1. The van der Waals surface area contributed by atoms with Gasteiger partial charge >= 0.3 is 0 Å². The van der Waals surface area contributed by atoms with Crippen molar-refractivity contribution >= 4 is 43.5 Å². The van der Waals surface area contributed by atoms with Crippen molar-refractivity contribution in [1.82, 2.24) is 10.2 Å². The minimum atomic E-state index is -3.75. The molecule has 0 heterocycles. The lowest BCUT2D eigenvalue weighted by molar-refractivity contribution is -0.140. The quantitative estimate of drug-likeness (QED) is 0.487. The molecule has 2 amide bonds. The number of anilines is 1. The minimum absolute atomic E-state index is 0.200. The molecule has 2 aromatic rings. The summed E-state index contributed by atoms with van der Waals surface area (Å²) in [6.07, 6.45) is 2.24. The van der Waals surface area contributed by atoms with Crippen molar-refractivity contribution in [2.75, 3.05) is 23.7 Å². The molecule has 174 valence electrons. The largest absolute Gasteiger partial charge is 0.354 e. The van der Waals surface area contributed by atoms with Crippen molar-refractivity contribution < 1.29 is 18.0 Å². The van der Waals surface area contributed by atoms with E-state index in [4.69, 9.17) is 0 Å². The normalized spacial score (nSPS) is 12.1. The van der Waals surface area contributed by atoms with Crippen LogP contribution in [-0.4, -0.2) is 50.5 Å². The van der Waals surface area contributed by atoms with Gasteiger partial charge in [-0.05, 0) is 46.5 Å².